The lowest BCUT2D eigenvalue weighted by atomic mass is 10.0. The standard InChI is InChI=1S/C19H18N2O3S/c1-11(2)15-10-13(12-6-4-5-7-14(12)20-15)18(22)21-17-9-8-16(25-17)19(23)24-3/h4-11H,1-3H3,(H,21,22). The zero-order chi connectivity index (χ0) is 18.0. The Labute approximate surface area is 149 Å². The molecule has 0 spiro atoms. The number of aromatic nitrogens is 1. The lowest BCUT2D eigenvalue weighted by Crippen LogP contribution is -2.13. The predicted molar refractivity (Wildman–Crippen MR) is 99.4 cm³/mol. The summed E-state index contributed by atoms with van der Waals surface area (Å²) in [7, 11) is 1.33. The van der Waals surface area contributed by atoms with Crippen molar-refractivity contribution >= 4 is 39.1 Å². The molecule has 2 aromatic heterocycles. The summed E-state index contributed by atoms with van der Waals surface area (Å²) < 4.78 is 4.69. The summed E-state index contributed by atoms with van der Waals surface area (Å²) in [5, 5.41) is 4.25. The average molecular weight is 354 g/mol. The van der Waals surface area contributed by atoms with Crippen molar-refractivity contribution in [3.63, 3.8) is 0 Å². The molecule has 0 aliphatic heterocycles. The Morgan fingerprint density at radius 3 is 2.64 bits per heavy atom. The third-order valence-electron chi connectivity index (χ3n) is 3.80. The topological polar surface area (TPSA) is 68.3 Å². The number of fused-ring (bicyclic) bond motifs is 1. The van der Waals surface area contributed by atoms with Crippen molar-refractivity contribution < 1.29 is 14.3 Å². The molecule has 128 valence electrons. The minimum Gasteiger partial charge on any atom is -0.465 e. The molecule has 3 rings (SSSR count). The van der Waals surface area contributed by atoms with Crippen molar-refractivity contribution in [3.8, 4) is 0 Å². The van der Waals surface area contributed by atoms with Gasteiger partial charge in [0, 0.05) is 11.1 Å². The Hall–Kier alpha value is -2.73. The summed E-state index contributed by atoms with van der Waals surface area (Å²) in [5.74, 6) is -0.426. The van der Waals surface area contributed by atoms with Gasteiger partial charge in [-0.25, -0.2) is 4.79 Å². The van der Waals surface area contributed by atoms with E-state index in [9.17, 15) is 9.59 Å². The normalized spacial score (nSPS) is 10.9. The van der Waals surface area contributed by atoms with Crippen LogP contribution in [0.1, 0.15) is 45.5 Å². The van der Waals surface area contributed by atoms with Crippen LogP contribution in [0.3, 0.4) is 0 Å². The first-order chi connectivity index (χ1) is 12.0. The number of hydrogen-bond donors (Lipinski definition) is 1. The average Bonchev–Trinajstić information content (AvgIpc) is 3.08. The molecule has 1 N–H and O–H groups in total. The van der Waals surface area contributed by atoms with E-state index in [-0.39, 0.29) is 11.8 Å². The van der Waals surface area contributed by atoms with Gasteiger partial charge in [0.25, 0.3) is 5.91 Å². The summed E-state index contributed by atoms with van der Waals surface area (Å²) in [6.07, 6.45) is 0. The molecule has 0 aliphatic carbocycles. The fourth-order valence-corrected chi connectivity index (χ4v) is 3.29. The molecule has 1 aromatic carbocycles. The van der Waals surface area contributed by atoms with Gasteiger partial charge >= 0.3 is 5.97 Å². The number of rotatable bonds is 4. The number of para-hydroxylation sites is 1. The number of ether oxygens (including phenoxy) is 1. The van der Waals surface area contributed by atoms with Crippen LogP contribution in [0.4, 0.5) is 5.00 Å². The number of pyridine rings is 1. The predicted octanol–water partition coefficient (Wildman–Crippen LogP) is 4.46. The molecule has 3 aromatic rings. The highest BCUT2D eigenvalue weighted by Gasteiger charge is 2.16. The van der Waals surface area contributed by atoms with Gasteiger partial charge < -0.3 is 10.1 Å². The van der Waals surface area contributed by atoms with Crippen molar-refractivity contribution in [2.75, 3.05) is 12.4 Å². The number of carbonyl (C=O) groups excluding carboxylic acids is 2. The number of anilines is 1. The van der Waals surface area contributed by atoms with E-state index in [0.29, 0.717) is 15.4 Å². The fraction of sp³-hybridized carbons (Fsp3) is 0.211. The molecule has 0 saturated heterocycles. The number of methoxy groups -OCH3 is 1. The number of benzene rings is 1. The second-order valence-corrected chi connectivity index (χ2v) is 6.96. The van der Waals surface area contributed by atoms with Crippen LogP contribution in [-0.2, 0) is 4.74 Å². The summed E-state index contributed by atoms with van der Waals surface area (Å²) in [6.45, 7) is 4.08. The lowest BCUT2D eigenvalue weighted by Gasteiger charge is -2.11. The maximum atomic E-state index is 12.8. The summed E-state index contributed by atoms with van der Waals surface area (Å²) >= 11 is 1.18. The molecule has 0 saturated carbocycles. The molecular weight excluding hydrogens is 336 g/mol. The molecule has 0 aliphatic rings. The number of hydrogen-bond acceptors (Lipinski definition) is 5. The van der Waals surface area contributed by atoms with Gasteiger partial charge in [0.1, 0.15) is 4.88 Å². The van der Waals surface area contributed by atoms with E-state index < -0.39 is 5.97 Å². The van der Waals surface area contributed by atoms with Gasteiger partial charge in [-0.05, 0) is 30.2 Å². The van der Waals surface area contributed by atoms with Gasteiger partial charge in [0.2, 0.25) is 0 Å². The van der Waals surface area contributed by atoms with Crippen LogP contribution in [0.5, 0.6) is 0 Å². The maximum absolute atomic E-state index is 12.8. The summed E-state index contributed by atoms with van der Waals surface area (Å²) in [4.78, 5) is 29.4. The highest BCUT2D eigenvalue weighted by atomic mass is 32.1. The lowest BCUT2D eigenvalue weighted by molar-refractivity contribution is 0.0606. The molecule has 0 unspecified atom stereocenters. The molecule has 5 nitrogen and oxygen atoms in total. The van der Waals surface area contributed by atoms with Crippen LogP contribution < -0.4 is 5.32 Å². The Morgan fingerprint density at radius 2 is 1.92 bits per heavy atom. The third kappa shape index (κ3) is 3.53. The Kier molecular flexibility index (Phi) is 4.81. The molecule has 1 amide bonds. The second-order valence-electron chi connectivity index (χ2n) is 5.88. The van der Waals surface area contributed by atoms with E-state index in [2.05, 4.69) is 15.0 Å². The maximum Gasteiger partial charge on any atom is 0.348 e. The molecule has 0 bridgehead atoms. The number of nitrogens with zero attached hydrogens (tertiary/aromatic N) is 1. The zero-order valence-corrected chi connectivity index (χ0v) is 15.0. The van der Waals surface area contributed by atoms with Crippen LogP contribution >= 0.6 is 11.3 Å². The van der Waals surface area contributed by atoms with Crippen molar-refractivity contribution in [2.45, 2.75) is 19.8 Å². The Morgan fingerprint density at radius 1 is 1.16 bits per heavy atom. The van der Waals surface area contributed by atoms with Gasteiger partial charge in [0.05, 0.1) is 23.2 Å². The van der Waals surface area contributed by atoms with E-state index in [4.69, 9.17) is 0 Å². The zero-order valence-electron chi connectivity index (χ0n) is 14.2. The monoisotopic (exact) mass is 354 g/mol. The summed E-state index contributed by atoms with van der Waals surface area (Å²) in [6, 6.07) is 12.7. The van der Waals surface area contributed by atoms with Crippen molar-refractivity contribution in [1.82, 2.24) is 4.98 Å². The van der Waals surface area contributed by atoms with Gasteiger partial charge in [0.15, 0.2) is 0 Å². The molecule has 0 radical (unpaired) electrons. The number of esters is 1. The van der Waals surface area contributed by atoms with Gasteiger partial charge in [-0.1, -0.05) is 32.0 Å². The summed E-state index contributed by atoms with van der Waals surface area (Å²) in [5.41, 5.74) is 2.23. The van der Waals surface area contributed by atoms with Crippen LogP contribution in [-0.4, -0.2) is 24.0 Å². The highest BCUT2D eigenvalue weighted by Crippen LogP contribution is 2.26. The number of carbonyl (C=O) groups is 2. The van der Waals surface area contributed by atoms with E-state index >= 15 is 0 Å². The molecule has 6 heteroatoms. The van der Waals surface area contributed by atoms with E-state index in [0.717, 1.165) is 16.6 Å². The Bertz CT molecular complexity index is 947. The van der Waals surface area contributed by atoms with Crippen molar-refractivity contribution in [3.05, 3.63) is 58.6 Å². The molecule has 2 heterocycles. The number of amides is 1. The minimum absolute atomic E-state index is 0.212. The van der Waals surface area contributed by atoms with E-state index in [1.54, 1.807) is 12.1 Å². The van der Waals surface area contributed by atoms with Crippen LogP contribution in [0.25, 0.3) is 10.9 Å². The van der Waals surface area contributed by atoms with E-state index in [1.165, 1.54) is 18.4 Å². The Balaban J connectivity index is 1.96. The van der Waals surface area contributed by atoms with Gasteiger partial charge in [-0.3, -0.25) is 9.78 Å². The van der Waals surface area contributed by atoms with E-state index in [1.807, 2.05) is 44.2 Å². The largest absolute Gasteiger partial charge is 0.465 e. The first-order valence-corrected chi connectivity index (χ1v) is 8.70. The molecule has 0 atom stereocenters. The first kappa shape index (κ1) is 17.1. The van der Waals surface area contributed by atoms with Crippen LogP contribution in [0, 0.1) is 0 Å². The van der Waals surface area contributed by atoms with Crippen LogP contribution in [0.15, 0.2) is 42.5 Å². The van der Waals surface area contributed by atoms with Crippen molar-refractivity contribution in [1.29, 1.82) is 0 Å². The smallest absolute Gasteiger partial charge is 0.348 e. The second kappa shape index (κ2) is 7.03. The van der Waals surface area contributed by atoms with Gasteiger partial charge in [-0.15, -0.1) is 11.3 Å². The first-order valence-electron chi connectivity index (χ1n) is 7.88. The van der Waals surface area contributed by atoms with Crippen LogP contribution in [0.2, 0.25) is 0 Å². The highest BCUT2D eigenvalue weighted by molar-refractivity contribution is 7.18. The number of thiophene rings is 1. The van der Waals surface area contributed by atoms with Crippen molar-refractivity contribution in [2.24, 2.45) is 0 Å². The molecule has 0 fully saturated rings. The quantitative estimate of drug-likeness (QED) is 0.703. The number of nitrogens with one attached hydrogen (secondary N) is 1. The molecular formula is C19H18N2O3S. The van der Waals surface area contributed by atoms with Gasteiger partial charge in [-0.2, -0.15) is 0 Å². The third-order valence-corrected chi connectivity index (χ3v) is 4.78. The molecule has 25 heavy (non-hydrogen) atoms. The minimum atomic E-state index is -0.415. The SMILES string of the molecule is COC(=O)c1ccc(NC(=O)c2cc(C(C)C)nc3ccccc23)s1. The fourth-order valence-electron chi connectivity index (χ4n) is 2.47.